The SMILES string of the molecule is CC(CO)CNc1ncnc(OC(C)C)c1N. The zero-order chi connectivity index (χ0) is 12.8. The van der Waals surface area contributed by atoms with Gasteiger partial charge in [-0.1, -0.05) is 6.92 Å². The monoisotopic (exact) mass is 240 g/mol. The fourth-order valence-corrected chi connectivity index (χ4v) is 1.17. The number of hydrogen-bond acceptors (Lipinski definition) is 6. The van der Waals surface area contributed by atoms with Gasteiger partial charge in [0.2, 0.25) is 5.88 Å². The standard InChI is InChI=1S/C11H20N4O2/c1-7(2)17-11-9(12)10(14-6-15-11)13-4-8(3)5-16/h6-8,16H,4-5,12H2,1-3H3,(H,13,14,15). The van der Waals surface area contributed by atoms with Crippen LogP contribution in [0.15, 0.2) is 6.33 Å². The molecule has 96 valence electrons. The Hall–Kier alpha value is -1.56. The van der Waals surface area contributed by atoms with Crippen molar-refractivity contribution in [3.63, 3.8) is 0 Å². The molecule has 6 nitrogen and oxygen atoms in total. The Balaban J connectivity index is 2.72. The summed E-state index contributed by atoms with van der Waals surface area (Å²) in [6, 6.07) is 0. The van der Waals surface area contributed by atoms with Gasteiger partial charge < -0.3 is 20.9 Å². The van der Waals surface area contributed by atoms with Crippen LogP contribution in [-0.2, 0) is 0 Å². The summed E-state index contributed by atoms with van der Waals surface area (Å²) in [4.78, 5) is 8.02. The molecule has 1 atom stereocenters. The molecule has 1 unspecified atom stereocenters. The van der Waals surface area contributed by atoms with Gasteiger partial charge in [-0.25, -0.2) is 4.98 Å². The second kappa shape index (κ2) is 6.24. The van der Waals surface area contributed by atoms with Crippen LogP contribution in [0.1, 0.15) is 20.8 Å². The third-order valence-corrected chi connectivity index (χ3v) is 2.12. The van der Waals surface area contributed by atoms with Crippen LogP contribution in [-0.4, -0.2) is 34.3 Å². The maximum absolute atomic E-state index is 8.93. The summed E-state index contributed by atoms with van der Waals surface area (Å²) < 4.78 is 5.45. The van der Waals surface area contributed by atoms with Crippen molar-refractivity contribution < 1.29 is 9.84 Å². The Morgan fingerprint density at radius 2 is 2.12 bits per heavy atom. The third kappa shape index (κ3) is 4.07. The first-order chi connectivity index (χ1) is 8.04. The molecular weight excluding hydrogens is 220 g/mol. The number of nitrogens with one attached hydrogen (secondary N) is 1. The van der Waals surface area contributed by atoms with Gasteiger partial charge in [0.1, 0.15) is 12.0 Å². The van der Waals surface area contributed by atoms with Crippen LogP contribution in [0, 0.1) is 5.92 Å². The van der Waals surface area contributed by atoms with Crippen molar-refractivity contribution in [3.05, 3.63) is 6.33 Å². The highest BCUT2D eigenvalue weighted by Gasteiger charge is 2.11. The maximum Gasteiger partial charge on any atom is 0.242 e. The molecule has 0 aromatic carbocycles. The number of rotatable bonds is 6. The number of nitrogens with two attached hydrogens (primary N) is 1. The topological polar surface area (TPSA) is 93.3 Å². The number of aliphatic hydroxyl groups is 1. The van der Waals surface area contributed by atoms with Crippen molar-refractivity contribution in [2.24, 2.45) is 5.92 Å². The Morgan fingerprint density at radius 3 is 2.71 bits per heavy atom. The van der Waals surface area contributed by atoms with Gasteiger partial charge in [0, 0.05) is 13.2 Å². The highest BCUT2D eigenvalue weighted by atomic mass is 16.5. The molecule has 1 aromatic rings. The molecule has 1 aromatic heterocycles. The van der Waals surface area contributed by atoms with Gasteiger partial charge in [-0.15, -0.1) is 0 Å². The van der Waals surface area contributed by atoms with Crippen LogP contribution < -0.4 is 15.8 Å². The minimum atomic E-state index is 0.0106. The molecule has 0 aliphatic rings. The highest BCUT2D eigenvalue weighted by molar-refractivity contribution is 5.66. The number of aliphatic hydroxyl groups excluding tert-OH is 1. The van der Waals surface area contributed by atoms with E-state index in [-0.39, 0.29) is 18.6 Å². The number of anilines is 2. The van der Waals surface area contributed by atoms with Crippen LogP contribution in [0.3, 0.4) is 0 Å². The lowest BCUT2D eigenvalue weighted by Crippen LogP contribution is -2.17. The molecule has 0 bridgehead atoms. The summed E-state index contributed by atoms with van der Waals surface area (Å²) in [6.45, 7) is 6.45. The predicted molar refractivity (Wildman–Crippen MR) is 66.9 cm³/mol. The van der Waals surface area contributed by atoms with E-state index in [9.17, 15) is 0 Å². The third-order valence-electron chi connectivity index (χ3n) is 2.12. The van der Waals surface area contributed by atoms with Crippen LogP contribution in [0.25, 0.3) is 0 Å². The van der Waals surface area contributed by atoms with Gasteiger partial charge in [0.15, 0.2) is 5.82 Å². The van der Waals surface area contributed by atoms with Crippen molar-refractivity contribution in [3.8, 4) is 5.88 Å². The van der Waals surface area contributed by atoms with Crippen molar-refractivity contribution in [2.45, 2.75) is 26.9 Å². The highest BCUT2D eigenvalue weighted by Crippen LogP contribution is 2.25. The van der Waals surface area contributed by atoms with Crippen LogP contribution in [0.2, 0.25) is 0 Å². The Morgan fingerprint density at radius 1 is 1.41 bits per heavy atom. The van der Waals surface area contributed by atoms with E-state index in [1.54, 1.807) is 0 Å². The van der Waals surface area contributed by atoms with E-state index in [1.807, 2.05) is 20.8 Å². The molecule has 0 saturated heterocycles. The lowest BCUT2D eigenvalue weighted by Gasteiger charge is -2.15. The average Bonchev–Trinajstić information content (AvgIpc) is 2.29. The first-order valence-corrected chi connectivity index (χ1v) is 5.66. The van der Waals surface area contributed by atoms with Crippen LogP contribution in [0.5, 0.6) is 5.88 Å². The maximum atomic E-state index is 8.93. The number of aromatic nitrogens is 2. The van der Waals surface area contributed by atoms with E-state index >= 15 is 0 Å². The molecular formula is C11H20N4O2. The van der Waals surface area contributed by atoms with Gasteiger partial charge in [0.05, 0.1) is 6.10 Å². The number of hydrogen-bond donors (Lipinski definition) is 3. The quantitative estimate of drug-likeness (QED) is 0.683. The van der Waals surface area contributed by atoms with Crippen LogP contribution in [0.4, 0.5) is 11.5 Å². The van der Waals surface area contributed by atoms with Crippen LogP contribution >= 0.6 is 0 Å². The Labute approximate surface area is 101 Å². The Bertz CT molecular complexity index is 357. The lowest BCUT2D eigenvalue weighted by molar-refractivity contribution is 0.234. The minimum absolute atomic E-state index is 0.0106. The first-order valence-electron chi connectivity index (χ1n) is 5.66. The minimum Gasteiger partial charge on any atom is -0.473 e. The Kier molecular flexibility index (Phi) is 4.96. The van der Waals surface area contributed by atoms with Crippen molar-refractivity contribution >= 4 is 11.5 Å². The first kappa shape index (κ1) is 13.5. The summed E-state index contributed by atoms with van der Waals surface area (Å²) >= 11 is 0. The molecule has 0 saturated carbocycles. The number of ether oxygens (including phenoxy) is 1. The molecule has 1 rings (SSSR count). The zero-order valence-corrected chi connectivity index (χ0v) is 10.5. The fraction of sp³-hybridized carbons (Fsp3) is 0.636. The molecule has 0 radical (unpaired) electrons. The van der Waals surface area contributed by atoms with E-state index in [1.165, 1.54) is 6.33 Å². The second-order valence-corrected chi connectivity index (χ2v) is 4.28. The number of nitrogen functional groups attached to an aromatic ring is 1. The molecule has 17 heavy (non-hydrogen) atoms. The summed E-state index contributed by atoms with van der Waals surface area (Å²) in [5, 5.41) is 12.0. The number of nitrogens with zero attached hydrogens (tertiary/aromatic N) is 2. The summed E-state index contributed by atoms with van der Waals surface area (Å²) in [7, 11) is 0. The van der Waals surface area contributed by atoms with Gasteiger partial charge >= 0.3 is 0 Å². The van der Waals surface area contributed by atoms with Crippen molar-refractivity contribution in [2.75, 3.05) is 24.2 Å². The summed E-state index contributed by atoms with van der Waals surface area (Å²) in [5.74, 6) is 1.06. The van der Waals surface area contributed by atoms with E-state index in [4.69, 9.17) is 15.6 Å². The zero-order valence-electron chi connectivity index (χ0n) is 10.5. The smallest absolute Gasteiger partial charge is 0.242 e. The molecule has 0 aliphatic heterocycles. The molecule has 1 heterocycles. The normalized spacial score (nSPS) is 12.5. The molecule has 0 fully saturated rings. The molecule has 0 amide bonds. The summed E-state index contributed by atoms with van der Waals surface area (Å²) in [5.41, 5.74) is 6.28. The van der Waals surface area contributed by atoms with Gasteiger partial charge in [0.25, 0.3) is 0 Å². The van der Waals surface area contributed by atoms with Gasteiger partial charge in [-0.2, -0.15) is 4.98 Å². The fourth-order valence-electron chi connectivity index (χ4n) is 1.17. The summed E-state index contributed by atoms with van der Waals surface area (Å²) in [6.07, 6.45) is 1.41. The largest absolute Gasteiger partial charge is 0.473 e. The van der Waals surface area contributed by atoms with E-state index < -0.39 is 0 Å². The molecule has 4 N–H and O–H groups in total. The molecule has 0 aliphatic carbocycles. The second-order valence-electron chi connectivity index (χ2n) is 4.28. The molecule has 6 heteroatoms. The lowest BCUT2D eigenvalue weighted by atomic mass is 10.2. The van der Waals surface area contributed by atoms with E-state index in [0.717, 1.165) is 0 Å². The predicted octanol–water partition coefficient (Wildman–Crippen LogP) is 0.886. The van der Waals surface area contributed by atoms with E-state index in [2.05, 4.69) is 15.3 Å². The van der Waals surface area contributed by atoms with Crippen molar-refractivity contribution in [1.82, 2.24) is 9.97 Å². The van der Waals surface area contributed by atoms with Crippen molar-refractivity contribution in [1.29, 1.82) is 0 Å². The average molecular weight is 240 g/mol. The van der Waals surface area contributed by atoms with E-state index in [0.29, 0.717) is 23.9 Å². The van der Waals surface area contributed by atoms with Gasteiger partial charge in [-0.3, -0.25) is 0 Å². The van der Waals surface area contributed by atoms with Gasteiger partial charge in [-0.05, 0) is 19.8 Å². The molecule has 0 spiro atoms.